The first-order valence-electron chi connectivity index (χ1n) is 9.57. The fraction of sp³-hybridized carbons (Fsp3) is 0.273. The Morgan fingerprint density at radius 2 is 1.70 bits per heavy atom. The number of hydrogen-bond donors (Lipinski definition) is 2. The van der Waals surface area contributed by atoms with Crippen LogP contribution in [-0.2, 0) is 9.53 Å². The summed E-state index contributed by atoms with van der Waals surface area (Å²) in [6, 6.07) is 12.0. The number of carbonyl (C=O) groups is 4. The molecule has 30 heavy (non-hydrogen) atoms. The first kappa shape index (κ1) is 21.0. The molecule has 3 amide bonds. The molecule has 2 N–H and O–H groups in total. The Hall–Kier alpha value is -3.68. The van der Waals surface area contributed by atoms with E-state index in [2.05, 4.69) is 15.4 Å². The van der Waals surface area contributed by atoms with Crippen molar-refractivity contribution in [3.8, 4) is 0 Å². The van der Waals surface area contributed by atoms with Gasteiger partial charge in [-0.25, -0.2) is 9.59 Å². The Balaban J connectivity index is 1.65. The predicted molar refractivity (Wildman–Crippen MR) is 112 cm³/mol. The minimum Gasteiger partial charge on any atom is -0.465 e. The summed E-state index contributed by atoms with van der Waals surface area (Å²) in [6.45, 7) is 1.91. The second-order valence-corrected chi connectivity index (χ2v) is 6.98. The van der Waals surface area contributed by atoms with E-state index in [4.69, 9.17) is 0 Å². The van der Waals surface area contributed by atoms with Crippen LogP contribution in [0.15, 0.2) is 48.5 Å². The fourth-order valence-electron chi connectivity index (χ4n) is 3.33. The summed E-state index contributed by atoms with van der Waals surface area (Å²) in [6.07, 6.45) is 1.26. The number of rotatable bonds is 5. The smallest absolute Gasteiger partial charge is 0.337 e. The van der Waals surface area contributed by atoms with Gasteiger partial charge in [0, 0.05) is 23.5 Å². The molecule has 0 saturated carbocycles. The molecule has 3 rings (SSSR count). The standard InChI is InChI=1S/C22H23N3O5/c1-14(26)16-5-3-6-18(13-16)24-22(29)25-12-4-7-19(25)20(27)23-17-10-8-15(9-11-17)21(28)30-2/h3,5-6,8-11,13,19H,4,7,12H2,1-2H3,(H,23,27)(H,24,29)/t19-/m1/s1. The third-order valence-electron chi connectivity index (χ3n) is 4.91. The van der Waals surface area contributed by atoms with E-state index in [1.165, 1.54) is 18.9 Å². The average Bonchev–Trinajstić information content (AvgIpc) is 3.24. The van der Waals surface area contributed by atoms with Gasteiger partial charge in [-0.15, -0.1) is 0 Å². The second-order valence-electron chi connectivity index (χ2n) is 6.98. The molecule has 156 valence electrons. The predicted octanol–water partition coefficient (Wildman–Crippen LogP) is 3.31. The number of urea groups is 1. The minimum atomic E-state index is -0.610. The van der Waals surface area contributed by atoms with Gasteiger partial charge in [0.05, 0.1) is 12.7 Å². The molecule has 1 saturated heterocycles. The SMILES string of the molecule is COC(=O)c1ccc(NC(=O)[C@H]2CCCN2C(=O)Nc2cccc(C(C)=O)c2)cc1. The molecule has 1 atom stereocenters. The number of likely N-dealkylation sites (tertiary alicyclic amines) is 1. The zero-order valence-corrected chi connectivity index (χ0v) is 16.8. The highest BCUT2D eigenvalue weighted by Gasteiger charge is 2.34. The quantitative estimate of drug-likeness (QED) is 0.582. The molecule has 0 aliphatic carbocycles. The van der Waals surface area contributed by atoms with Crippen LogP contribution in [-0.4, -0.2) is 48.3 Å². The molecule has 8 heteroatoms. The van der Waals surface area contributed by atoms with Crippen molar-refractivity contribution in [2.75, 3.05) is 24.3 Å². The van der Waals surface area contributed by atoms with E-state index in [9.17, 15) is 19.2 Å². The van der Waals surface area contributed by atoms with E-state index < -0.39 is 18.0 Å². The van der Waals surface area contributed by atoms with Crippen molar-refractivity contribution in [2.24, 2.45) is 0 Å². The molecule has 1 aliphatic rings. The molecule has 2 aromatic rings. The van der Waals surface area contributed by atoms with Crippen LogP contribution < -0.4 is 10.6 Å². The van der Waals surface area contributed by atoms with Crippen LogP contribution >= 0.6 is 0 Å². The first-order chi connectivity index (χ1) is 14.4. The highest BCUT2D eigenvalue weighted by atomic mass is 16.5. The molecule has 2 aromatic carbocycles. The van der Waals surface area contributed by atoms with Crippen molar-refractivity contribution in [2.45, 2.75) is 25.8 Å². The van der Waals surface area contributed by atoms with E-state index in [1.807, 2.05) is 0 Å². The van der Waals surface area contributed by atoms with Gasteiger partial charge in [0.25, 0.3) is 0 Å². The molecule has 0 bridgehead atoms. The zero-order valence-electron chi connectivity index (χ0n) is 16.8. The summed E-state index contributed by atoms with van der Waals surface area (Å²) >= 11 is 0. The summed E-state index contributed by atoms with van der Waals surface area (Å²) in [5.41, 5.74) is 1.90. The number of nitrogens with one attached hydrogen (secondary N) is 2. The summed E-state index contributed by atoms with van der Waals surface area (Å²) in [4.78, 5) is 50.0. The number of ketones is 1. The van der Waals surface area contributed by atoms with Crippen molar-refractivity contribution >= 4 is 35.1 Å². The normalized spacial score (nSPS) is 15.4. The van der Waals surface area contributed by atoms with Crippen molar-refractivity contribution in [3.63, 3.8) is 0 Å². The van der Waals surface area contributed by atoms with Crippen LogP contribution in [0.3, 0.4) is 0 Å². The van der Waals surface area contributed by atoms with Crippen LogP contribution in [0.25, 0.3) is 0 Å². The molecule has 0 radical (unpaired) electrons. The Bertz CT molecular complexity index is 971. The number of hydrogen-bond acceptors (Lipinski definition) is 5. The maximum atomic E-state index is 12.7. The van der Waals surface area contributed by atoms with Crippen molar-refractivity contribution in [3.05, 3.63) is 59.7 Å². The van der Waals surface area contributed by atoms with Gasteiger partial charge in [0.15, 0.2) is 5.78 Å². The van der Waals surface area contributed by atoms with Crippen molar-refractivity contribution in [1.82, 2.24) is 4.90 Å². The Labute approximate surface area is 174 Å². The lowest BCUT2D eigenvalue weighted by Crippen LogP contribution is -2.45. The maximum Gasteiger partial charge on any atom is 0.337 e. The second kappa shape index (κ2) is 9.21. The van der Waals surface area contributed by atoms with E-state index in [0.29, 0.717) is 41.9 Å². The van der Waals surface area contributed by atoms with Crippen LogP contribution in [0.4, 0.5) is 16.2 Å². The van der Waals surface area contributed by atoms with Crippen LogP contribution in [0, 0.1) is 0 Å². The van der Waals surface area contributed by atoms with Crippen molar-refractivity contribution < 1.29 is 23.9 Å². The minimum absolute atomic E-state index is 0.0947. The third kappa shape index (κ3) is 4.83. The first-order valence-corrected chi connectivity index (χ1v) is 9.57. The molecule has 1 aliphatic heterocycles. The lowest BCUT2D eigenvalue weighted by atomic mass is 10.1. The van der Waals surface area contributed by atoms with Gasteiger partial charge >= 0.3 is 12.0 Å². The number of anilines is 2. The number of amides is 3. The number of nitrogens with zero attached hydrogens (tertiary/aromatic N) is 1. The summed E-state index contributed by atoms with van der Waals surface area (Å²) in [7, 11) is 1.30. The molecule has 0 unspecified atom stereocenters. The van der Waals surface area contributed by atoms with Gasteiger partial charge in [0.2, 0.25) is 5.91 Å². The average molecular weight is 409 g/mol. The summed E-state index contributed by atoms with van der Waals surface area (Å²) in [5.74, 6) is -0.853. The van der Waals surface area contributed by atoms with Crippen LogP contribution in [0.5, 0.6) is 0 Å². The number of methoxy groups -OCH3 is 1. The van der Waals surface area contributed by atoms with E-state index >= 15 is 0 Å². The number of ether oxygens (including phenoxy) is 1. The molecule has 8 nitrogen and oxygen atoms in total. The Morgan fingerprint density at radius 1 is 0.967 bits per heavy atom. The van der Waals surface area contributed by atoms with Gasteiger partial charge in [-0.3, -0.25) is 9.59 Å². The molecule has 1 fully saturated rings. The van der Waals surface area contributed by atoms with Crippen molar-refractivity contribution in [1.29, 1.82) is 0 Å². The lowest BCUT2D eigenvalue weighted by molar-refractivity contribution is -0.119. The largest absolute Gasteiger partial charge is 0.465 e. The monoisotopic (exact) mass is 409 g/mol. The maximum absolute atomic E-state index is 12.7. The molecule has 0 aromatic heterocycles. The molecular weight excluding hydrogens is 386 g/mol. The highest BCUT2D eigenvalue weighted by molar-refractivity contribution is 6.01. The van der Waals surface area contributed by atoms with Crippen LogP contribution in [0.1, 0.15) is 40.5 Å². The van der Waals surface area contributed by atoms with Crippen LogP contribution in [0.2, 0.25) is 0 Å². The topological polar surface area (TPSA) is 105 Å². The van der Waals surface area contributed by atoms with Gasteiger partial charge in [-0.05, 0) is 56.2 Å². The summed E-state index contributed by atoms with van der Waals surface area (Å²) < 4.78 is 4.65. The third-order valence-corrected chi connectivity index (χ3v) is 4.91. The summed E-state index contributed by atoms with van der Waals surface area (Å²) in [5, 5.41) is 5.54. The molecule has 0 spiro atoms. The number of carbonyl (C=O) groups excluding carboxylic acids is 4. The number of Topliss-reactive ketones (excluding diaryl/α,β-unsaturated/α-hetero) is 1. The van der Waals surface area contributed by atoms with E-state index in [0.717, 1.165) is 0 Å². The molecule has 1 heterocycles. The van der Waals surface area contributed by atoms with Gasteiger partial charge in [-0.1, -0.05) is 12.1 Å². The highest BCUT2D eigenvalue weighted by Crippen LogP contribution is 2.21. The zero-order chi connectivity index (χ0) is 21.7. The van der Waals surface area contributed by atoms with E-state index in [-0.39, 0.29) is 11.7 Å². The Kier molecular flexibility index (Phi) is 6.46. The van der Waals surface area contributed by atoms with Gasteiger partial charge in [0.1, 0.15) is 6.04 Å². The number of benzene rings is 2. The Morgan fingerprint density at radius 3 is 2.37 bits per heavy atom. The van der Waals surface area contributed by atoms with E-state index in [1.54, 1.807) is 48.5 Å². The van der Waals surface area contributed by atoms with Gasteiger partial charge < -0.3 is 20.3 Å². The number of esters is 1. The van der Waals surface area contributed by atoms with Gasteiger partial charge in [-0.2, -0.15) is 0 Å². The lowest BCUT2D eigenvalue weighted by Gasteiger charge is -2.24. The fourth-order valence-corrected chi connectivity index (χ4v) is 3.33. The molecular formula is C22H23N3O5.